The number of nitrogens with zero attached hydrogens (tertiary/aromatic N) is 2. The van der Waals surface area contributed by atoms with Gasteiger partial charge in [-0.1, -0.05) is 67.4 Å². The standard InChI is InChI=1S/C26H31ClN2O3/c1-5-6-11-23-28-22(17-30)24(27)29(23)16-18-12-14-19(15-13-18)20-9-7-8-10-21(20)25(31)32-26(2,3)4/h7-10,12-15,30H,5-6,11,16-17H2,1-4H3. The van der Waals surface area contributed by atoms with Crippen molar-refractivity contribution in [3.05, 3.63) is 76.3 Å². The van der Waals surface area contributed by atoms with Crippen LogP contribution in [0.5, 0.6) is 0 Å². The quantitative estimate of drug-likeness (QED) is 0.421. The van der Waals surface area contributed by atoms with E-state index in [0.717, 1.165) is 41.8 Å². The Labute approximate surface area is 195 Å². The molecule has 0 saturated heterocycles. The number of hydrogen-bond donors (Lipinski definition) is 1. The van der Waals surface area contributed by atoms with Gasteiger partial charge in [0.1, 0.15) is 22.3 Å². The Kier molecular flexibility index (Phi) is 7.75. The number of imidazole rings is 1. The van der Waals surface area contributed by atoms with E-state index in [1.807, 2.05) is 67.8 Å². The lowest BCUT2D eigenvalue weighted by Gasteiger charge is -2.20. The molecule has 0 aliphatic heterocycles. The molecular formula is C26H31ClN2O3. The average molecular weight is 455 g/mol. The molecule has 0 saturated carbocycles. The third kappa shape index (κ3) is 5.78. The van der Waals surface area contributed by atoms with Gasteiger partial charge in [0.15, 0.2) is 0 Å². The molecule has 5 nitrogen and oxygen atoms in total. The maximum absolute atomic E-state index is 12.7. The smallest absolute Gasteiger partial charge is 0.339 e. The molecular weight excluding hydrogens is 424 g/mol. The van der Waals surface area contributed by atoms with E-state index < -0.39 is 5.60 Å². The summed E-state index contributed by atoms with van der Waals surface area (Å²) < 4.78 is 7.54. The van der Waals surface area contributed by atoms with E-state index >= 15 is 0 Å². The van der Waals surface area contributed by atoms with Gasteiger partial charge in [-0.25, -0.2) is 9.78 Å². The number of halogens is 1. The van der Waals surface area contributed by atoms with Crippen molar-refractivity contribution in [1.82, 2.24) is 9.55 Å². The fraction of sp³-hybridized carbons (Fsp3) is 0.385. The molecule has 0 unspecified atom stereocenters. The number of benzene rings is 2. The van der Waals surface area contributed by atoms with Crippen molar-refractivity contribution in [3.63, 3.8) is 0 Å². The van der Waals surface area contributed by atoms with Crippen LogP contribution in [0.2, 0.25) is 5.15 Å². The third-order valence-corrected chi connectivity index (χ3v) is 5.53. The van der Waals surface area contributed by atoms with Crippen LogP contribution in [-0.4, -0.2) is 26.2 Å². The zero-order chi connectivity index (χ0) is 23.3. The maximum Gasteiger partial charge on any atom is 0.339 e. The number of rotatable bonds is 8. The van der Waals surface area contributed by atoms with E-state index in [1.165, 1.54) is 0 Å². The molecule has 3 aromatic rings. The topological polar surface area (TPSA) is 64.4 Å². The molecule has 0 spiro atoms. The Bertz CT molecular complexity index is 1070. The lowest BCUT2D eigenvalue weighted by molar-refractivity contribution is 0.00704. The van der Waals surface area contributed by atoms with Crippen LogP contribution < -0.4 is 0 Å². The van der Waals surface area contributed by atoms with Crippen molar-refractivity contribution in [2.45, 2.75) is 65.7 Å². The van der Waals surface area contributed by atoms with E-state index in [1.54, 1.807) is 6.07 Å². The number of esters is 1. The van der Waals surface area contributed by atoms with E-state index in [0.29, 0.717) is 23.0 Å². The number of unbranched alkanes of at least 4 members (excludes halogenated alkanes) is 1. The molecule has 0 aliphatic carbocycles. The number of aliphatic hydroxyl groups is 1. The Morgan fingerprint density at radius 1 is 1.12 bits per heavy atom. The molecule has 1 heterocycles. The Morgan fingerprint density at radius 2 is 1.81 bits per heavy atom. The van der Waals surface area contributed by atoms with Gasteiger partial charge in [-0.2, -0.15) is 0 Å². The highest BCUT2D eigenvalue weighted by Gasteiger charge is 2.21. The van der Waals surface area contributed by atoms with Crippen molar-refractivity contribution in [2.24, 2.45) is 0 Å². The van der Waals surface area contributed by atoms with E-state index in [9.17, 15) is 9.90 Å². The number of carbonyl (C=O) groups excluding carboxylic acids is 1. The highest BCUT2D eigenvalue weighted by Crippen LogP contribution is 2.27. The molecule has 3 rings (SSSR count). The van der Waals surface area contributed by atoms with Gasteiger partial charge < -0.3 is 14.4 Å². The Morgan fingerprint density at radius 3 is 2.44 bits per heavy atom. The van der Waals surface area contributed by atoms with Gasteiger partial charge in [0.05, 0.1) is 18.7 Å². The predicted molar refractivity (Wildman–Crippen MR) is 128 cm³/mol. The van der Waals surface area contributed by atoms with Crippen LogP contribution in [0, 0.1) is 0 Å². The molecule has 0 atom stereocenters. The fourth-order valence-corrected chi connectivity index (χ4v) is 3.80. The molecule has 0 radical (unpaired) electrons. The van der Waals surface area contributed by atoms with Gasteiger partial charge in [0.25, 0.3) is 0 Å². The summed E-state index contributed by atoms with van der Waals surface area (Å²) in [5, 5.41) is 10.0. The molecule has 1 N–H and O–H groups in total. The molecule has 0 amide bonds. The average Bonchev–Trinajstić information content (AvgIpc) is 3.06. The number of aromatic nitrogens is 2. The second-order valence-electron chi connectivity index (χ2n) is 8.86. The molecule has 0 aliphatic rings. The number of carbonyl (C=O) groups is 1. The van der Waals surface area contributed by atoms with E-state index in [-0.39, 0.29) is 12.6 Å². The van der Waals surface area contributed by atoms with Gasteiger partial charge in [0, 0.05) is 6.42 Å². The summed E-state index contributed by atoms with van der Waals surface area (Å²) in [7, 11) is 0. The van der Waals surface area contributed by atoms with Crippen LogP contribution in [0.1, 0.15) is 68.0 Å². The van der Waals surface area contributed by atoms with Gasteiger partial charge >= 0.3 is 5.97 Å². The minimum Gasteiger partial charge on any atom is -0.456 e. The van der Waals surface area contributed by atoms with Gasteiger partial charge in [-0.15, -0.1) is 0 Å². The van der Waals surface area contributed by atoms with Gasteiger partial charge in [0.2, 0.25) is 0 Å². The lowest BCUT2D eigenvalue weighted by Crippen LogP contribution is -2.24. The first-order valence-electron chi connectivity index (χ1n) is 11.0. The number of aliphatic hydroxyl groups excluding tert-OH is 1. The summed E-state index contributed by atoms with van der Waals surface area (Å²) in [6.45, 7) is 8.11. The Balaban J connectivity index is 1.86. The summed E-state index contributed by atoms with van der Waals surface area (Å²) in [4.78, 5) is 17.2. The van der Waals surface area contributed by atoms with E-state index in [4.69, 9.17) is 16.3 Å². The monoisotopic (exact) mass is 454 g/mol. The van der Waals surface area contributed by atoms with Crippen LogP contribution in [0.4, 0.5) is 0 Å². The molecule has 6 heteroatoms. The van der Waals surface area contributed by atoms with Crippen LogP contribution >= 0.6 is 11.6 Å². The second kappa shape index (κ2) is 10.3. The first-order chi connectivity index (χ1) is 15.2. The normalized spacial score (nSPS) is 11.6. The lowest BCUT2D eigenvalue weighted by atomic mass is 9.98. The predicted octanol–water partition coefficient (Wildman–Crippen LogP) is 6.04. The number of hydrogen-bond acceptors (Lipinski definition) is 4. The zero-order valence-electron chi connectivity index (χ0n) is 19.2. The van der Waals surface area contributed by atoms with Crippen LogP contribution in [0.3, 0.4) is 0 Å². The van der Waals surface area contributed by atoms with Crippen LogP contribution in [0.15, 0.2) is 48.5 Å². The number of ether oxygens (including phenoxy) is 1. The molecule has 0 fully saturated rings. The molecule has 1 aromatic heterocycles. The minimum atomic E-state index is -0.555. The summed E-state index contributed by atoms with van der Waals surface area (Å²) in [6, 6.07) is 15.5. The summed E-state index contributed by atoms with van der Waals surface area (Å²) in [6.07, 6.45) is 2.89. The molecule has 2 aromatic carbocycles. The first kappa shape index (κ1) is 24.0. The fourth-order valence-electron chi connectivity index (χ4n) is 3.54. The van der Waals surface area contributed by atoms with Crippen LogP contribution in [-0.2, 0) is 24.3 Å². The van der Waals surface area contributed by atoms with Crippen molar-refractivity contribution < 1.29 is 14.6 Å². The highest BCUT2D eigenvalue weighted by atomic mass is 35.5. The minimum absolute atomic E-state index is 0.175. The zero-order valence-corrected chi connectivity index (χ0v) is 19.9. The Hall–Kier alpha value is -2.63. The van der Waals surface area contributed by atoms with E-state index in [2.05, 4.69) is 11.9 Å². The van der Waals surface area contributed by atoms with Crippen molar-refractivity contribution in [2.75, 3.05) is 0 Å². The van der Waals surface area contributed by atoms with Gasteiger partial charge in [-0.05, 0) is 49.9 Å². The van der Waals surface area contributed by atoms with Crippen LogP contribution in [0.25, 0.3) is 11.1 Å². The molecule has 170 valence electrons. The van der Waals surface area contributed by atoms with Crippen molar-refractivity contribution in [3.8, 4) is 11.1 Å². The summed E-state index contributed by atoms with van der Waals surface area (Å²) >= 11 is 6.48. The SMILES string of the molecule is CCCCc1nc(CO)c(Cl)n1Cc1ccc(-c2ccccc2C(=O)OC(C)(C)C)cc1. The summed E-state index contributed by atoms with van der Waals surface area (Å²) in [5.41, 5.74) is 3.34. The molecule has 32 heavy (non-hydrogen) atoms. The largest absolute Gasteiger partial charge is 0.456 e. The van der Waals surface area contributed by atoms with Gasteiger partial charge in [-0.3, -0.25) is 0 Å². The summed E-state index contributed by atoms with van der Waals surface area (Å²) in [5.74, 6) is 0.555. The first-order valence-corrected chi connectivity index (χ1v) is 11.4. The van der Waals surface area contributed by atoms with Crippen molar-refractivity contribution in [1.29, 1.82) is 0 Å². The second-order valence-corrected chi connectivity index (χ2v) is 9.22. The highest BCUT2D eigenvalue weighted by molar-refractivity contribution is 6.30. The van der Waals surface area contributed by atoms with Crippen molar-refractivity contribution >= 4 is 17.6 Å². The number of aryl methyl sites for hydroxylation is 1. The molecule has 0 bridgehead atoms. The maximum atomic E-state index is 12.7. The third-order valence-electron chi connectivity index (χ3n) is 5.11.